The third kappa shape index (κ3) is 7.74. The Kier molecular flexibility index (Phi) is 7.63. The van der Waals surface area contributed by atoms with E-state index in [1.165, 1.54) is 0 Å². The zero-order valence-electron chi connectivity index (χ0n) is 8.60. The van der Waals surface area contributed by atoms with Gasteiger partial charge in [0, 0.05) is 19.5 Å². The number of nitrogens with two attached hydrogens (primary N) is 1. The van der Waals surface area contributed by atoms with Gasteiger partial charge in [-0.25, -0.2) is 0 Å². The van der Waals surface area contributed by atoms with Crippen molar-refractivity contribution in [2.75, 3.05) is 20.6 Å². The largest absolute Gasteiger partial charge is 0.359 e. The minimum atomic E-state index is 0.0109. The molecule has 1 atom stereocenters. The molecule has 0 radical (unpaired) electrons. The predicted molar refractivity (Wildman–Crippen MR) is 54.4 cm³/mol. The first-order valence-corrected chi connectivity index (χ1v) is 4.81. The van der Waals surface area contributed by atoms with E-state index in [1.807, 2.05) is 7.05 Å². The fourth-order valence-corrected chi connectivity index (χ4v) is 1.15. The number of unbranched alkanes of at least 4 members (excludes halogenated alkanes) is 1. The number of hydrogen-bond acceptors (Lipinski definition) is 3. The summed E-state index contributed by atoms with van der Waals surface area (Å²) in [6.07, 6.45) is 3.57. The molecular formula is C9H21N3O. The van der Waals surface area contributed by atoms with Gasteiger partial charge in [0.1, 0.15) is 0 Å². The van der Waals surface area contributed by atoms with Crippen molar-refractivity contribution >= 4 is 5.91 Å². The van der Waals surface area contributed by atoms with Gasteiger partial charge in [-0.2, -0.15) is 0 Å². The van der Waals surface area contributed by atoms with Gasteiger partial charge in [0.25, 0.3) is 0 Å². The van der Waals surface area contributed by atoms with E-state index in [-0.39, 0.29) is 11.9 Å². The molecule has 0 saturated heterocycles. The van der Waals surface area contributed by atoms with Crippen LogP contribution in [0.5, 0.6) is 0 Å². The van der Waals surface area contributed by atoms with Crippen LogP contribution in [0.1, 0.15) is 25.7 Å². The summed E-state index contributed by atoms with van der Waals surface area (Å²) in [5.74, 6) is 0.0288. The fourth-order valence-electron chi connectivity index (χ4n) is 1.15. The summed E-state index contributed by atoms with van der Waals surface area (Å²) in [5.41, 5.74) is 5.75. The van der Waals surface area contributed by atoms with Crippen LogP contribution in [0.4, 0.5) is 0 Å². The molecule has 4 N–H and O–H groups in total. The van der Waals surface area contributed by atoms with Crippen LogP contribution in [0.2, 0.25) is 0 Å². The number of nitrogens with one attached hydrogen (secondary N) is 2. The normalized spacial score (nSPS) is 12.5. The van der Waals surface area contributed by atoms with Gasteiger partial charge in [-0.15, -0.1) is 0 Å². The first-order valence-electron chi connectivity index (χ1n) is 4.81. The van der Waals surface area contributed by atoms with Gasteiger partial charge < -0.3 is 16.4 Å². The van der Waals surface area contributed by atoms with Gasteiger partial charge in [0.2, 0.25) is 5.91 Å². The van der Waals surface area contributed by atoms with Crippen molar-refractivity contribution in [2.24, 2.45) is 5.73 Å². The number of hydrogen-bond donors (Lipinski definition) is 3. The van der Waals surface area contributed by atoms with E-state index >= 15 is 0 Å². The SMILES string of the molecule is CNCCCCC(N)CC(=O)NC. The molecule has 0 aromatic carbocycles. The van der Waals surface area contributed by atoms with E-state index in [1.54, 1.807) is 7.05 Å². The summed E-state index contributed by atoms with van der Waals surface area (Å²) in [7, 11) is 3.57. The summed E-state index contributed by atoms with van der Waals surface area (Å²) < 4.78 is 0. The highest BCUT2D eigenvalue weighted by atomic mass is 16.1. The summed E-state index contributed by atoms with van der Waals surface area (Å²) >= 11 is 0. The van der Waals surface area contributed by atoms with Crippen LogP contribution in [-0.2, 0) is 4.79 Å². The molecule has 0 heterocycles. The highest BCUT2D eigenvalue weighted by molar-refractivity contribution is 5.76. The highest BCUT2D eigenvalue weighted by Crippen LogP contribution is 2.01. The number of carbonyl (C=O) groups excluding carboxylic acids is 1. The molecule has 0 aliphatic heterocycles. The predicted octanol–water partition coefficient (Wildman–Crippen LogP) is -0.160. The molecule has 0 bridgehead atoms. The van der Waals surface area contributed by atoms with Crippen LogP contribution < -0.4 is 16.4 Å². The maximum atomic E-state index is 10.9. The first kappa shape index (κ1) is 12.4. The van der Waals surface area contributed by atoms with Crippen LogP contribution in [0.25, 0.3) is 0 Å². The average Bonchev–Trinajstić information content (AvgIpc) is 2.12. The quantitative estimate of drug-likeness (QED) is 0.485. The van der Waals surface area contributed by atoms with Gasteiger partial charge in [-0.3, -0.25) is 4.79 Å². The maximum Gasteiger partial charge on any atom is 0.221 e. The van der Waals surface area contributed by atoms with Crippen molar-refractivity contribution in [1.82, 2.24) is 10.6 Å². The van der Waals surface area contributed by atoms with Crippen LogP contribution in [0.15, 0.2) is 0 Å². The van der Waals surface area contributed by atoms with Crippen LogP contribution in [0.3, 0.4) is 0 Å². The average molecular weight is 187 g/mol. The van der Waals surface area contributed by atoms with Crippen molar-refractivity contribution in [3.05, 3.63) is 0 Å². The van der Waals surface area contributed by atoms with Crippen molar-refractivity contribution in [3.8, 4) is 0 Å². The van der Waals surface area contributed by atoms with Gasteiger partial charge in [-0.05, 0) is 26.4 Å². The van der Waals surface area contributed by atoms with Crippen LogP contribution in [-0.4, -0.2) is 32.6 Å². The Labute approximate surface area is 80.3 Å². The minimum Gasteiger partial charge on any atom is -0.359 e. The zero-order chi connectivity index (χ0) is 10.1. The molecule has 0 saturated carbocycles. The molecule has 0 aliphatic rings. The number of amides is 1. The lowest BCUT2D eigenvalue weighted by Gasteiger charge is -2.09. The van der Waals surface area contributed by atoms with Crippen molar-refractivity contribution in [2.45, 2.75) is 31.7 Å². The topological polar surface area (TPSA) is 67.1 Å². The van der Waals surface area contributed by atoms with E-state index in [2.05, 4.69) is 10.6 Å². The van der Waals surface area contributed by atoms with Crippen LogP contribution >= 0.6 is 0 Å². The van der Waals surface area contributed by atoms with Crippen molar-refractivity contribution in [1.29, 1.82) is 0 Å². The zero-order valence-corrected chi connectivity index (χ0v) is 8.60. The standard InChI is InChI=1S/C9H21N3O/c1-11-6-4-3-5-8(10)7-9(13)12-2/h8,11H,3-7,10H2,1-2H3,(H,12,13). The van der Waals surface area contributed by atoms with Gasteiger partial charge in [-0.1, -0.05) is 6.42 Å². The molecule has 1 amide bonds. The molecule has 78 valence electrons. The minimum absolute atomic E-state index is 0.0109. The molecule has 13 heavy (non-hydrogen) atoms. The molecule has 0 aromatic rings. The molecule has 0 aromatic heterocycles. The van der Waals surface area contributed by atoms with Gasteiger partial charge in [0.15, 0.2) is 0 Å². The van der Waals surface area contributed by atoms with Gasteiger partial charge >= 0.3 is 0 Å². The van der Waals surface area contributed by atoms with E-state index in [0.717, 1.165) is 25.8 Å². The molecule has 4 nitrogen and oxygen atoms in total. The summed E-state index contributed by atoms with van der Waals surface area (Å²) in [6.45, 7) is 1.02. The lowest BCUT2D eigenvalue weighted by atomic mass is 10.1. The Hall–Kier alpha value is -0.610. The molecule has 0 rings (SSSR count). The number of rotatable bonds is 7. The first-order chi connectivity index (χ1) is 6.20. The lowest BCUT2D eigenvalue weighted by molar-refractivity contribution is -0.120. The molecule has 1 unspecified atom stereocenters. The Balaban J connectivity index is 3.29. The third-order valence-corrected chi connectivity index (χ3v) is 1.98. The summed E-state index contributed by atoms with van der Waals surface area (Å²) in [6, 6.07) is 0.0109. The second-order valence-corrected chi connectivity index (χ2v) is 3.24. The lowest BCUT2D eigenvalue weighted by Crippen LogP contribution is -2.29. The molecule has 0 fully saturated rings. The molecule has 0 aliphatic carbocycles. The molecule has 0 spiro atoms. The Morgan fingerprint density at radius 3 is 2.62 bits per heavy atom. The van der Waals surface area contributed by atoms with E-state index in [0.29, 0.717) is 6.42 Å². The molecule has 4 heteroatoms. The smallest absolute Gasteiger partial charge is 0.221 e. The summed E-state index contributed by atoms with van der Waals surface area (Å²) in [4.78, 5) is 10.9. The van der Waals surface area contributed by atoms with Crippen molar-refractivity contribution < 1.29 is 4.79 Å². The highest BCUT2D eigenvalue weighted by Gasteiger charge is 2.06. The third-order valence-electron chi connectivity index (χ3n) is 1.98. The Morgan fingerprint density at radius 1 is 1.38 bits per heavy atom. The second-order valence-electron chi connectivity index (χ2n) is 3.24. The fraction of sp³-hybridized carbons (Fsp3) is 0.889. The van der Waals surface area contributed by atoms with E-state index in [9.17, 15) is 4.79 Å². The van der Waals surface area contributed by atoms with Crippen LogP contribution in [0, 0.1) is 0 Å². The van der Waals surface area contributed by atoms with E-state index < -0.39 is 0 Å². The van der Waals surface area contributed by atoms with Crippen molar-refractivity contribution in [3.63, 3.8) is 0 Å². The molecular weight excluding hydrogens is 166 g/mol. The second kappa shape index (κ2) is 8.01. The maximum absolute atomic E-state index is 10.9. The Bertz CT molecular complexity index is 139. The summed E-state index contributed by atoms with van der Waals surface area (Å²) in [5, 5.41) is 5.64. The van der Waals surface area contributed by atoms with E-state index in [4.69, 9.17) is 5.73 Å². The monoisotopic (exact) mass is 187 g/mol. The number of carbonyl (C=O) groups is 1. The Morgan fingerprint density at radius 2 is 2.08 bits per heavy atom. The van der Waals surface area contributed by atoms with Gasteiger partial charge in [0.05, 0.1) is 0 Å².